The molecule has 0 radical (unpaired) electrons. The van der Waals surface area contributed by atoms with E-state index in [1.165, 1.54) is 6.42 Å². The first kappa shape index (κ1) is 12.2. The zero-order chi connectivity index (χ0) is 10.6. The van der Waals surface area contributed by atoms with Gasteiger partial charge >= 0.3 is 0 Å². The fourth-order valence-corrected chi connectivity index (χ4v) is 3.10. The van der Waals surface area contributed by atoms with Gasteiger partial charge in [0, 0.05) is 11.4 Å². The minimum absolute atomic E-state index is 0.126. The Kier molecular flexibility index (Phi) is 5.10. The van der Waals surface area contributed by atoms with Crippen LogP contribution in [0.25, 0.3) is 0 Å². The highest BCUT2D eigenvalue weighted by atomic mass is 35.5. The molecular weight excluding hydrogens is 218 g/mol. The Morgan fingerprint density at radius 2 is 2.36 bits per heavy atom. The van der Waals surface area contributed by atoms with E-state index in [2.05, 4.69) is 5.32 Å². The van der Waals surface area contributed by atoms with Crippen molar-refractivity contribution in [3.8, 4) is 0 Å². The van der Waals surface area contributed by atoms with Crippen molar-refractivity contribution < 1.29 is 4.79 Å². The van der Waals surface area contributed by atoms with Gasteiger partial charge in [-0.05, 0) is 38.9 Å². The number of nitrogens with one attached hydrogen (secondary N) is 1. The largest absolute Gasteiger partial charge is 0.353 e. The first-order valence-electron chi connectivity index (χ1n) is 5.15. The van der Waals surface area contributed by atoms with Gasteiger partial charge in [-0.2, -0.15) is 0 Å². The van der Waals surface area contributed by atoms with Crippen LogP contribution < -0.4 is 5.32 Å². The Hall–Kier alpha value is 0.110. The number of amides is 1. The Labute approximate surface area is 95.2 Å². The summed E-state index contributed by atoms with van der Waals surface area (Å²) >= 11 is 7.63. The average molecular weight is 236 g/mol. The summed E-state index contributed by atoms with van der Waals surface area (Å²) in [5.41, 5.74) is 0. The smallest absolute Gasteiger partial charge is 0.233 e. The molecule has 1 fully saturated rings. The lowest BCUT2D eigenvalue weighted by molar-refractivity contribution is -0.121. The minimum Gasteiger partial charge on any atom is -0.353 e. The highest BCUT2D eigenvalue weighted by Gasteiger charge is 2.24. The van der Waals surface area contributed by atoms with Crippen LogP contribution in [0.5, 0.6) is 0 Å². The summed E-state index contributed by atoms with van der Waals surface area (Å²) in [5.74, 6) is 1.32. The first-order chi connectivity index (χ1) is 6.59. The number of rotatable bonds is 4. The summed E-state index contributed by atoms with van der Waals surface area (Å²) < 4.78 is 0. The van der Waals surface area contributed by atoms with Crippen molar-refractivity contribution in [1.29, 1.82) is 0 Å². The van der Waals surface area contributed by atoms with Crippen molar-refractivity contribution in [1.82, 2.24) is 5.32 Å². The van der Waals surface area contributed by atoms with E-state index >= 15 is 0 Å². The van der Waals surface area contributed by atoms with Crippen LogP contribution in [0.1, 0.15) is 33.1 Å². The lowest BCUT2D eigenvalue weighted by Gasteiger charge is -2.17. The van der Waals surface area contributed by atoms with Crippen LogP contribution in [0.15, 0.2) is 0 Å². The molecule has 1 aliphatic rings. The Bertz CT molecular complexity index is 193. The van der Waals surface area contributed by atoms with E-state index in [-0.39, 0.29) is 22.6 Å². The number of carbonyl (C=O) groups is 1. The third-order valence-electron chi connectivity index (χ3n) is 2.29. The third-order valence-corrected chi connectivity index (χ3v) is 3.84. The van der Waals surface area contributed by atoms with Gasteiger partial charge in [0.15, 0.2) is 0 Å². The molecular formula is C10H18ClNOS. The standard InChI is InChI=1S/C10H18ClNOS/c1-7(11)6-8(2)12-10(13)9-4-3-5-14-9/h7-9H,3-6H2,1-2H3,(H,12,13). The highest BCUT2D eigenvalue weighted by Crippen LogP contribution is 2.26. The molecule has 0 aliphatic carbocycles. The number of hydrogen-bond acceptors (Lipinski definition) is 2. The van der Waals surface area contributed by atoms with Crippen LogP contribution in [0.3, 0.4) is 0 Å². The summed E-state index contributed by atoms with van der Waals surface area (Å²) in [5, 5.41) is 3.32. The molecule has 14 heavy (non-hydrogen) atoms. The number of hydrogen-bond donors (Lipinski definition) is 1. The van der Waals surface area contributed by atoms with Gasteiger partial charge < -0.3 is 5.32 Å². The van der Waals surface area contributed by atoms with E-state index in [4.69, 9.17) is 11.6 Å². The van der Waals surface area contributed by atoms with E-state index in [1.54, 1.807) is 11.8 Å². The fraction of sp³-hybridized carbons (Fsp3) is 0.900. The number of alkyl halides is 1. The van der Waals surface area contributed by atoms with Crippen LogP contribution in [0.4, 0.5) is 0 Å². The first-order valence-corrected chi connectivity index (χ1v) is 6.64. The molecule has 1 N–H and O–H groups in total. The predicted molar refractivity (Wildman–Crippen MR) is 63.0 cm³/mol. The second-order valence-electron chi connectivity index (χ2n) is 3.93. The molecule has 0 saturated carbocycles. The van der Waals surface area contributed by atoms with E-state index in [0.717, 1.165) is 18.6 Å². The van der Waals surface area contributed by atoms with Crippen LogP contribution in [0.2, 0.25) is 0 Å². The van der Waals surface area contributed by atoms with Crippen molar-refractivity contribution >= 4 is 29.3 Å². The molecule has 1 heterocycles. The van der Waals surface area contributed by atoms with Gasteiger partial charge in [0.1, 0.15) is 0 Å². The van der Waals surface area contributed by atoms with E-state index in [1.807, 2.05) is 13.8 Å². The van der Waals surface area contributed by atoms with Gasteiger partial charge in [-0.1, -0.05) is 0 Å². The molecule has 82 valence electrons. The van der Waals surface area contributed by atoms with E-state index < -0.39 is 0 Å². The maximum absolute atomic E-state index is 11.7. The average Bonchev–Trinajstić information content (AvgIpc) is 2.53. The van der Waals surface area contributed by atoms with Crippen LogP contribution in [-0.4, -0.2) is 28.3 Å². The van der Waals surface area contributed by atoms with Gasteiger partial charge in [-0.25, -0.2) is 0 Å². The van der Waals surface area contributed by atoms with Gasteiger partial charge in [-0.3, -0.25) is 4.79 Å². The SMILES string of the molecule is CC(Cl)CC(C)NC(=O)C1CCCS1. The maximum atomic E-state index is 11.7. The molecule has 0 spiro atoms. The molecule has 1 aliphatic heterocycles. The summed E-state index contributed by atoms with van der Waals surface area (Å²) in [6.07, 6.45) is 3.04. The number of thioether (sulfide) groups is 1. The zero-order valence-electron chi connectivity index (χ0n) is 8.75. The number of carbonyl (C=O) groups excluding carboxylic acids is 1. The summed E-state index contributed by atoms with van der Waals surface area (Å²) in [7, 11) is 0. The third kappa shape index (κ3) is 4.09. The molecule has 3 atom stereocenters. The summed E-state index contributed by atoms with van der Waals surface area (Å²) in [4.78, 5) is 11.7. The Morgan fingerprint density at radius 1 is 1.64 bits per heavy atom. The van der Waals surface area contributed by atoms with Crippen molar-refractivity contribution in [3.63, 3.8) is 0 Å². The fourth-order valence-electron chi connectivity index (χ4n) is 1.67. The zero-order valence-corrected chi connectivity index (χ0v) is 10.3. The quantitative estimate of drug-likeness (QED) is 0.759. The molecule has 2 nitrogen and oxygen atoms in total. The van der Waals surface area contributed by atoms with Crippen molar-refractivity contribution in [3.05, 3.63) is 0 Å². The molecule has 1 saturated heterocycles. The molecule has 4 heteroatoms. The predicted octanol–water partition coefficient (Wildman–Crippen LogP) is 2.40. The molecule has 1 rings (SSSR count). The lowest BCUT2D eigenvalue weighted by atomic mass is 10.1. The molecule has 0 aromatic heterocycles. The molecule has 1 amide bonds. The molecule has 3 unspecified atom stereocenters. The van der Waals surface area contributed by atoms with Crippen molar-refractivity contribution in [2.75, 3.05) is 5.75 Å². The molecule has 0 aromatic rings. The van der Waals surface area contributed by atoms with Gasteiger partial charge in [0.05, 0.1) is 5.25 Å². The second-order valence-corrected chi connectivity index (χ2v) is 5.98. The summed E-state index contributed by atoms with van der Waals surface area (Å²) in [6.45, 7) is 3.96. The monoisotopic (exact) mass is 235 g/mol. The van der Waals surface area contributed by atoms with Crippen LogP contribution >= 0.6 is 23.4 Å². The van der Waals surface area contributed by atoms with Gasteiger partial charge in [0.25, 0.3) is 0 Å². The van der Waals surface area contributed by atoms with Crippen LogP contribution in [0, 0.1) is 0 Å². The van der Waals surface area contributed by atoms with Gasteiger partial charge in [-0.15, -0.1) is 23.4 Å². The highest BCUT2D eigenvalue weighted by molar-refractivity contribution is 8.00. The Morgan fingerprint density at radius 3 is 2.86 bits per heavy atom. The maximum Gasteiger partial charge on any atom is 0.233 e. The lowest BCUT2D eigenvalue weighted by Crippen LogP contribution is -2.38. The topological polar surface area (TPSA) is 29.1 Å². The summed E-state index contributed by atoms with van der Waals surface area (Å²) in [6, 6.07) is 0.191. The van der Waals surface area contributed by atoms with Crippen LogP contribution in [-0.2, 0) is 4.79 Å². The second kappa shape index (κ2) is 5.86. The van der Waals surface area contributed by atoms with Crippen molar-refractivity contribution in [2.24, 2.45) is 0 Å². The van der Waals surface area contributed by atoms with E-state index in [0.29, 0.717) is 0 Å². The molecule has 0 aromatic carbocycles. The normalized spacial score (nSPS) is 25.8. The Balaban J connectivity index is 2.25. The van der Waals surface area contributed by atoms with Gasteiger partial charge in [0.2, 0.25) is 5.91 Å². The van der Waals surface area contributed by atoms with Crippen molar-refractivity contribution in [2.45, 2.75) is 49.8 Å². The minimum atomic E-state index is 0.126. The number of halogens is 1. The van der Waals surface area contributed by atoms with E-state index in [9.17, 15) is 4.79 Å². The molecule has 0 bridgehead atoms.